The molecule has 0 aromatic heterocycles. The summed E-state index contributed by atoms with van der Waals surface area (Å²) < 4.78 is 52.0. The van der Waals surface area contributed by atoms with Crippen LogP contribution in [0.15, 0.2) is 12.1 Å². The van der Waals surface area contributed by atoms with Crippen LogP contribution in [0.3, 0.4) is 0 Å². The summed E-state index contributed by atoms with van der Waals surface area (Å²) in [6, 6.07) is 1.22. The van der Waals surface area contributed by atoms with Crippen molar-refractivity contribution in [3.63, 3.8) is 0 Å². The molecule has 1 rings (SSSR count). The molecule has 0 atom stereocenters. The molecule has 1 aromatic carbocycles. The zero-order valence-electron chi connectivity index (χ0n) is 7.42. The van der Waals surface area contributed by atoms with E-state index in [4.69, 9.17) is 21.6 Å². The fourth-order valence-corrected chi connectivity index (χ4v) is 1.28. The Balaban J connectivity index is 3.19. The molecule has 9 heteroatoms. The van der Waals surface area contributed by atoms with Crippen LogP contribution in [-0.2, 0) is 0 Å². The van der Waals surface area contributed by atoms with E-state index in [-0.39, 0.29) is 0 Å². The molecule has 0 spiro atoms. The molecule has 0 fully saturated rings. The van der Waals surface area contributed by atoms with Crippen LogP contribution in [0.2, 0.25) is 5.02 Å². The SMILES string of the molecule is OB(O)c1c(F)ccc(OC(F)(F)F)c1Cl. The third kappa shape index (κ3) is 3.00. The van der Waals surface area contributed by atoms with Crippen LogP contribution in [0.1, 0.15) is 0 Å². The van der Waals surface area contributed by atoms with Gasteiger partial charge in [0, 0.05) is 5.46 Å². The van der Waals surface area contributed by atoms with Crippen LogP contribution in [-0.4, -0.2) is 23.5 Å². The predicted octanol–water partition coefficient (Wildman–Crippen LogP) is 1.06. The molecule has 0 aliphatic rings. The highest BCUT2D eigenvalue weighted by molar-refractivity contribution is 6.63. The number of ether oxygens (including phenoxy) is 1. The highest BCUT2D eigenvalue weighted by Crippen LogP contribution is 2.29. The highest BCUT2D eigenvalue weighted by atomic mass is 35.5. The molecule has 88 valence electrons. The lowest BCUT2D eigenvalue weighted by atomic mass is 9.79. The molecule has 0 amide bonds. The van der Waals surface area contributed by atoms with Crippen LogP contribution in [0.5, 0.6) is 5.75 Å². The van der Waals surface area contributed by atoms with Gasteiger partial charge >= 0.3 is 13.5 Å². The summed E-state index contributed by atoms with van der Waals surface area (Å²) in [5, 5.41) is 16.6. The fraction of sp³-hybridized carbons (Fsp3) is 0.143. The molecule has 1 aromatic rings. The lowest BCUT2D eigenvalue weighted by Gasteiger charge is -2.13. The van der Waals surface area contributed by atoms with Gasteiger partial charge < -0.3 is 14.8 Å². The van der Waals surface area contributed by atoms with Crippen LogP contribution >= 0.6 is 11.6 Å². The van der Waals surface area contributed by atoms with Crippen molar-refractivity contribution in [1.82, 2.24) is 0 Å². The first kappa shape index (κ1) is 13.1. The first-order valence-corrected chi connectivity index (χ1v) is 4.20. The monoisotopic (exact) mass is 258 g/mol. The molecule has 0 radical (unpaired) electrons. The zero-order chi connectivity index (χ0) is 12.5. The summed E-state index contributed by atoms with van der Waals surface area (Å²) in [6.07, 6.45) is -5.00. The Kier molecular flexibility index (Phi) is 3.66. The van der Waals surface area contributed by atoms with Gasteiger partial charge in [0.2, 0.25) is 0 Å². The number of benzene rings is 1. The number of hydrogen-bond donors (Lipinski definition) is 2. The van der Waals surface area contributed by atoms with E-state index >= 15 is 0 Å². The maximum atomic E-state index is 13.0. The molecule has 0 aliphatic heterocycles. The van der Waals surface area contributed by atoms with Crippen LogP contribution in [0.25, 0.3) is 0 Å². The molecule has 0 saturated heterocycles. The Morgan fingerprint density at radius 1 is 1.25 bits per heavy atom. The molecule has 0 heterocycles. The molecule has 16 heavy (non-hydrogen) atoms. The van der Waals surface area contributed by atoms with Crippen LogP contribution in [0.4, 0.5) is 17.6 Å². The summed E-state index contributed by atoms with van der Waals surface area (Å²) in [6.45, 7) is 0. The summed E-state index contributed by atoms with van der Waals surface area (Å²) in [5.74, 6) is -2.05. The number of rotatable bonds is 2. The minimum atomic E-state index is -5.00. The van der Waals surface area contributed by atoms with Crippen molar-refractivity contribution in [1.29, 1.82) is 0 Å². The summed E-state index contributed by atoms with van der Waals surface area (Å²) in [5.41, 5.74) is -0.872. The minimum absolute atomic E-state index is 0.585. The molecule has 0 saturated carbocycles. The van der Waals surface area contributed by atoms with Gasteiger partial charge in [-0.1, -0.05) is 11.6 Å². The second kappa shape index (κ2) is 4.48. The molecule has 2 N–H and O–H groups in total. The van der Waals surface area contributed by atoms with Gasteiger partial charge in [-0.15, -0.1) is 13.2 Å². The Bertz CT molecular complexity index is 396. The predicted molar refractivity (Wildman–Crippen MR) is 47.9 cm³/mol. The van der Waals surface area contributed by atoms with Gasteiger partial charge in [0.15, 0.2) is 0 Å². The number of hydrogen-bond acceptors (Lipinski definition) is 3. The van der Waals surface area contributed by atoms with Crippen molar-refractivity contribution >= 4 is 24.2 Å². The van der Waals surface area contributed by atoms with E-state index in [1.165, 1.54) is 0 Å². The summed E-state index contributed by atoms with van der Waals surface area (Å²) in [7, 11) is -2.33. The van der Waals surface area contributed by atoms with Gasteiger partial charge in [0.1, 0.15) is 11.6 Å². The van der Waals surface area contributed by atoms with Crippen molar-refractivity contribution in [3.05, 3.63) is 23.0 Å². The van der Waals surface area contributed by atoms with Crippen LogP contribution in [0, 0.1) is 5.82 Å². The van der Waals surface area contributed by atoms with Gasteiger partial charge in [-0.3, -0.25) is 0 Å². The van der Waals surface area contributed by atoms with Gasteiger partial charge in [0.25, 0.3) is 0 Å². The Morgan fingerprint density at radius 3 is 2.25 bits per heavy atom. The van der Waals surface area contributed by atoms with Crippen molar-refractivity contribution in [3.8, 4) is 5.75 Å². The third-order valence-corrected chi connectivity index (χ3v) is 1.96. The second-order valence-electron chi connectivity index (χ2n) is 2.69. The average Bonchev–Trinajstić information content (AvgIpc) is 2.07. The smallest absolute Gasteiger partial charge is 0.423 e. The Morgan fingerprint density at radius 2 is 1.81 bits per heavy atom. The standard InChI is InChI=1S/C7H4BClF4O3/c9-6-4(16-7(11,12)13)2-1-3(10)5(6)8(14)15/h1-2,14-15H. The van der Waals surface area contributed by atoms with E-state index in [9.17, 15) is 17.6 Å². The molecule has 0 bridgehead atoms. The number of alkyl halides is 3. The van der Waals surface area contributed by atoms with Gasteiger partial charge in [-0.2, -0.15) is 0 Å². The zero-order valence-corrected chi connectivity index (χ0v) is 8.18. The first-order valence-electron chi connectivity index (χ1n) is 3.82. The summed E-state index contributed by atoms with van der Waals surface area (Å²) in [4.78, 5) is 0. The third-order valence-electron chi connectivity index (χ3n) is 1.58. The maximum absolute atomic E-state index is 13.0. The molecule has 3 nitrogen and oxygen atoms in total. The molecular formula is C7H4BClF4O3. The Hall–Kier alpha value is -0.985. The van der Waals surface area contributed by atoms with E-state index < -0.39 is 35.5 Å². The maximum Gasteiger partial charge on any atom is 0.573 e. The van der Waals surface area contributed by atoms with E-state index in [2.05, 4.69) is 4.74 Å². The normalized spacial score (nSPS) is 11.4. The van der Waals surface area contributed by atoms with Crippen molar-refractivity contribution in [2.75, 3.05) is 0 Å². The topological polar surface area (TPSA) is 49.7 Å². The van der Waals surface area contributed by atoms with Crippen molar-refractivity contribution < 1.29 is 32.3 Å². The molecular weight excluding hydrogens is 254 g/mol. The largest absolute Gasteiger partial charge is 0.573 e. The van der Waals surface area contributed by atoms with Gasteiger partial charge in [-0.25, -0.2) is 4.39 Å². The van der Waals surface area contributed by atoms with E-state index in [0.717, 1.165) is 0 Å². The number of halogens is 5. The lowest BCUT2D eigenvalue weighted by molar-refractivity contribution is -0.274. The minimum Gasteiger partial charge on any atom is -0.423 e. The van der Waals surface area contributed by atoms with E-state index in [0.29, 0.717) is 12.1 Å². The van der Waals surface area contributed by atoms with Gasteiger partial charge in [0.05, 0.1) is 5.02 Å². The van der Waals surface area contributed by atoms with E-state index in [1.807, 2.05) is 0 Å². The second-order valence-corrected chi connectivity index (χ2v) is 3.07. The summed E-state index contributed by atoms with van der Waals surface area (Å²) >= 11 is 5.33. The average molecular weight is 258 g/mol. The van der Waals surface area contributed by atoms with Crippen molar-refractivity contribution in [2.45, 2.75) is 6.36 Å². The first-order chi connectivity index (χ1) is 7.22. The van der Waals surface area contributed by atoms with E-state index in [1.54, 1.807) is 0 Å². The van der Waals surface area contributed by atoms with Gasteiger partial charge in [-0.05, 0) is 12.1 Å². The lowest BCUT2D eigenvalue weighted by Crippen LogP contribution is -2.34. The van der Waals surface area contributed by atoms with Crippen LogP contribution < -0.4 is 10.2 Å². The van der Waals surface area contributed by atoms with Crippen molar-refractivity contribution in [2.24, 2.45) is 0 Å². The molecule has 0 unspecified atom stereocenters. The Labute approximate surface area is 92.4 Å². The molecule has 0 aliphatic carbocycles. The highest BCUT2D eigenvalue weighted by Gasteiger charge is 2.34. The quantitative estimate of drug-likeness (QED) is 0.616. The fourth-order valence-electron chi connectivity index (χ4n) is 0.990.